The van der Waals surface area contributed by atoms with E-state index in [1.165, 1.54) is 89.9 Å². The number of Topliss-reactive ketones (excluding diaryl/α,β-unsaturated/α-hetero) is 1. The summed E-state index contributed by atoms with van der Waals surface area (Å²) in [4.78, 5) is 12.1. The molecule has 0 aliphatic carbocycles. The van der Waals surface area contributed by atoms with E-state index in [9.17, 15) is 4.79 Å². The minimum Gasteiger partial charge on any atom is -1.00 e. The zero-order chi connectivity index (χ0) is 19.8. The number of rotatable bonds is 18. The molecule has 0 aromatic heterocycles. The van der Waals surface area contributed by atoms with E-state index in [0.717, 1.165) is 11.0 Å². The molecule has 0 bridgehead atoms. The molecule has 0 fully saturated rings. The number of quaternary nitrogens is 1. The zero-order valence-corrected chi connectivity index (χ0v) is 20.7. The normalized spacial score (nSPS) is 12.5. The lowest BCUT2D eigenvalue weighted by molar-refractivity contribution is -0.904. The van der Waals surface area contributed by atoms with E-state index in [4.69, 9.17) is 0 Å². The van der Waals surface area contributed by atoms with Crippen LogP contribution in [0.5, 0.6) is 0 Å². The third-order valence-corrected chi connectivity index (χ3v) is 5.94. The third kappa shape index (κ3) is 15.4. The van der Waals surface area contributed by atoms with Gasteiger partial charge in [-0.2, -0.15) is 0 Å². The van der Waals surface area contributed by atoms with Gasteiger partial charge in [0.15, 0.2) is 0 Å². The monoisotopic (exact) mass is 445 g/mol. The Balaban J connectivity index is 0. The molecular weight excluding hydrogens is 398 g/mol. The van der Waals surface area contributed by atoms with Crippen LogP contribution in [0.2, 0.25) is 0 Å². The number of halogens is 1. The van der Waals surface area contributed by atoms with Gasteiger partial charge in [-0.25, -0.2) is 0 Å². The molecule has 0 aromatic rings. The maximum atomic E-state index is 12.1. The van der Waals surface area contributed by atoms with Gasteiger partial charge in [0.05, 0.1) is 20.6 Å². The fourth-order valence-electron chi connectivity index (χ4n) is 3.58. The van der Waals surface area contributed by atoms with Gasteiger partial charge >= 0.3 is 0 Å². The van der Waals surface area contributed by atoms with E-state index in [2.05, 4.69) is 27.6 Å². The molecule has 0 saturated heterocycles. The lowest BCUT2D eigenvalue weighted by atomic mass is 10.0. The van der Waals surface area contributed by atoms with Crippen molar-refractivity contribution in [1.82, 2.24) is 0 Å². The van der Waals surface area contributed by atoms with Crippen molar-refractivity contribution in [2.45, 2.75) is 117 Å². The van der Waals surface area contributed by atoms with Crippen LogP contribution in [0.1, 0.15) is 111 Å². The van der Waals surface area contributed by atoms with E-state index in [-0.39, 0.29) is 28.8 Å². The van der Waals surface area contributed by atoms with Gasteiger partial charge in [-0.05, 0) is 32.3 Å². The molecule has 27 heavy (non-hydrogen) atoms. The molecule has 0 saturated carbocycles. The topological polar surface area (TPSA) is 17.1 Å². The molecule has 1 unspecified atom stereocenters. The number of hydrogen-bond donors (Lipinski definition) is 0. The quantitative estimate of drug-likeness (QED) is 0.176. The van der Waals surface area contributed by atoms with Crippen molar-refractivity contribution in [3.05, 3.63) is 12.2 Å². The van der Waals surface area contributed by atoms with Crippen LogP contribution in [0.3, 0.4) is 0 Å². The Morgan fingerprint density at radius 2 is 1.11 bits per heavy atom. The van der Waals surface area contributed by atoms with Gasteiger partial charge in [0.2, 0.25) is 5.78 Å². The highest BCUT2D eigenvalue weighted by Gasteiger charge is 2.29. The molecule has 0 heterocycles. The number of likely N-dealkylation sites (N-methyl/N-ethyl adjacent to an activating group) is 1. The fourth-order valence-corrected chi connectivity index (χ4v) is 3.58. The Kier molecular flexibility index (Phi) is 19.3. The first-order valence-electron chi connectivity index (χ1n) is 11.3. The standard InChI is InChI=1S/C24H48NO.BrH/c1-7-8-9-10-11-12-13-14-15-16-17-18-19-20-21-25(5,6)23(4)24(26)22(2)3;/h23H,2,7-21H2,1,3-6H3;1H/q+1;/p-1. The van der Waals surface area contributed by atoms with Crippen LogP contribution < -0.4 is 17.0 Å². The molecule has 0 amide bonds. The van der Waals surface area contributed by atoms with Crippen molar-refractivity contribution in [2.75, 3.05) is 20.6 Å². The summed E-state index contributed by atoms with van der Waals surface area (Å²) in [6, 6.07) is 0.0227. The van der Waals surface area contributed by atoms with Crippen molar-refractivity contribution in [1.29, 1.82) is 0 Å². The van der Waals surface area contributed by atoms with Crippen molar-refractivity contribution in [3.8, 4) is 0 Å². The minimum absolute atomic E-state index is 0. The van der Waals surface area contributed by atoms with Crippen molar-refractivity contribution < 1.29 is 26.3 Å². The molecule has 3 heteroatoms. The van der Waals surface area contributed by atoms with Crippen molar-refractivity contribution in [2.24, 2.45) is 0 Å². The van der Waals surface area contributed by atoms with E-state index >= 15 is 0 Å². The van der Waals surface area contributed by atoms with Crippen molar-refractivity contribution in [3.63, 3.8) is 0 Å². The molecule has 2 nitrogen and oxygen atoms in total. The van der Waals surface area contributed by atoms with Gasteiger partial charge < -0.3 is 21.5 Å². The number of carbonyl (C=O) groups excluding carboxylic acids is 1. The lowest BCUT2D eigenvalue weighted by Gasteiger charge is -2.35. The third-order valence-electron chi connectivity index (χ3n) is 5.94. The highest BCUT2D eigenvalue weighted by Crippen LogP contribution is 2.16. The summed E-state index contributed by atoms with van der Waals surface area (Å²) in [6.45, 7) is 11.0. The van der Waals surface area contributed by atoms with Crippen LogP contribution >= 0.6 is 0 Å². The summed E-state index contributed by atoms with van der Waals surface area (Å²) in [7, 11) is 4.35. The Bertz CT molecular complexity index is 379. The Hall–Kier alpha value is -0.150. The summed E-state index contributed by atoms with van der Waals surface area (Å²) in [5.74, 6) is 0.209. The number of unbranched alkanes of at least 4 members (excludes halogenated alkanes) is 13. The molecule has 0 N–H and O–H groups in total. The van der Waals surface area contributed by atoms with Crippen LogP contribution in [-0.4, -0.2) is 36.9 Å². The number of carbonyl (C=O) groups is 1. The summed E-state index contributed by atoms with van der Waals surface area (Å²) in [6.07, 6.45) is 19.5. The summed E-state index contributed by atoms with van der Waals surface area (Å²) in [5.41, 5.74) is 0.685. The largest absolute Gasteiger partial charge is 1.00 e. The Morgan fingerprint density at radius 3 is 1.44 bits per heavy atom. The molecule has 0 aliphatic heterocycles. The van der Waals surface area contributed by atoms with Gasteiger partial charge in [0.25, 0.3) is 0 Å². The molecule has 0 aromatic carbocycles. The molecule has 162 valence electrons. The van der Waals surface area contributed by atoms with E-state index < -0.39 is 0 Å². The highest BCUT2D eigenvalue weighted by atomic mass is 79.9. The summed E-state index contributed by atoms with van der Waals surface area (Å²) < 4.78 is 0.782. The average molecular weight is 447 g/mol. The van der Waals surface area contributed by atoms with E-state index in [0.29, 0.717) is 5.57 Å². The van der Waals surface area contributed by atoms with Crippen LogP contribution in [0.15, 0.2) is 12.2 Å². The van der Waals surface area contributed by atoms with Gasteiger partial charge in [-0.3, -0.25) is 4.79 Å². The van der Waals surface area contributed by atoms with Crippen LogP contribution in [0, 0.1) is 0 Å². The first-order chi connectivity index (χ1) is 12.3. The Morgan fingerprint density at radius 1 is 0.778 bits per heavy atom. The Labute approximate surface area is 181 Å². The fraction of sp³-hybridized carbons (Fsp3) is 0.875. The maximum Gasteiger partial charge on any atom is 0.214 e. The number of nitrogens with zero attached hydrogens (tertiary/aromatic N) is 1. The van der Waals surface area contributed by atoms with E-state index in [1.807, 2.05) is 13.8 Å². The number of hydrogen-bond acceptors (Lipinski definition) is 1. The second kappa shape index (κ2) is 17.9. The van der Waals surface area contributed by atoms with Gasteiger partial charge in [0, 0.05) is 0 Å². The lowest BCUT2D eigenvalue weighted by Crippen LogP contribution is -3.00. The van der Waals surface area contributed by atoms with Crippen LogP contribution in [0.25, 0.3) is 0 Å². The number of ketones is 1. The van der Waals surface area contributed by atoms with Crippen molar-refractivity contribution >= 4 is 5.78 Å². The van der Waals surface area contributed by atoms with Crippen LogP contribution in [0.4, 0.5) is 0 Å². The summed E-state index contributed by atoms with van der Waals surface area (Å²) in [5, 5.41) is 0. The second-order valence-electron chi connectivity index (χ2n) is 8.92. The first-order valence-corrected chi connectivity index (χ1v) is 11.3. The first kappa shape index (κ1) is 29.1. The van der Waals surface area contributed by atoms with E-state index in [1.54, 1.807) is 0 Å². The molecule has 0 radical (unpaired) electrons. The van der Waals surface area contributed by atoms with Gasteiger partial charge in [0.1, 0.15) is 6.04 Å². The molecule has 0 rings (SSSR count). The average Bonchev–Trinajstić information content (AvgIpc) is 2.60. The highest BCUT2D eigenvalue weighted by molar-refractivity contribution is 5.97. The molecular formula is C24H48BrNO. The predicted octanol–water partition coefficient (Wildman–Crippen LogP) is 4.08. The molecule has 0 aliphatic rings. The minimum atomic E-state index is 0. The maximum absolute atomic E-state index is 12.1. The van der Waals surface area contributed by atoms with Gasteiger partial charge in [-0.1, -0.05) is 90.6 Å². The zero-order valence-electron chi connectivity index (χ0n) is 19.1. The molecule has 0 spiro atoms. The SMILES string of the molecule is C=C(C)C(=O)C(C)[N+](C)(C)CCCCCCCCCCCCCCCC.[Br-]. The summed E-state index contributed by atoms with van der Waals surface area (Å²) >= 11 is 0. The predicted molar refractivity (Wildman–Crippen MR) is 117 cm³/mol. The second-order valence-corrected chi connectivity index (χ2v) is 8.92. The molecule has 1 atom stereocenters. The van der Waals surface area contributed by atoms with Gasteiger partial charge in [-0.15, -0.1) is 0 Å². The van der Waals surface area contributed by atoms with Crippen LogP contribution in [-0.2, 0) is 4.79 Å². The smallest absolute Gasteiger partial charge is 0.214 e.